The van der Waals surface area contributed by atoms with Crippen LogP contribution in [-0.2, 0) is 11.2 Å². The molecule has 2 bridgehead atoms. The maximum absolute atomic E-state index is 13.5. The van der Waals surface area contributed by atoms with Gasteiger partial charge in [-0.2, -0.15) is 13.2 Å². The highest BCUT2D eigenvalue weighted by molar-refractivity contribution is 7.14. The lowest BCUT2D eigenvalue weighted by atomic mass is 9.92. The van der Waals surface area contributed by atoms with E-state index in [-0.39, 0.29) is 0 Å². The SMILES string of the molecule is O=C(O)C(F)(F)F.O=C(O)N(CC1CC2CCC(C1)N2)c1sccc1Cc1ccc(F)c(F)c1. The van der Waals surface area contributed by atoms with E-state index in [1.165, 1.54) is 41.2 Å². The second-order valence-corrected chi connectivity index (χ2v) is 9.24. The summed E-state index contributed by atoms with van der Waals surface area (Å²) < 4.78 is 58.4. The summed E-state index contributed by atoms with van der Waals surface area (Å²) in [6.45, 7) is 0.481. The molecular weight excluding hydrogens is 483 g/mol. The summed E-state index contributed by atoms with van der Waals surface area (Å²) >= 11 is 1.38. The van der Waals surface area contributed by atoms with E-state index < -0.39 is 29.9 Å². The van der Waals surface area contributed by atoms with Gasteiger partial charge in [-0.25, -0.2) is 18.4 Å². The predicted molar refractivity (Wildman–Crippen MR) is 115 cm³/mol. The van der Waals surface area contributed by atoms with Crippen molar-refractivity contribution in [3.05, 3.63) is 52.4 Å². The molecule has 3 heterocycles. The molecule has 2 atom stereocenters. The Kier molecular flexibility index (Phi) is 8.13. The quantitative estimate of drug-likeness (QED) is 0.481. The van der Waals surface area contributed by atoms with Crippen LogP contribution in [0.25, 0.3) is 0 Å². The summed E-state index contributed by atoms with van der Waals surface area (Å²) in [5.41, 5.74) is 1.45. The van der Waals surface area contributed by atoms with Crippen molar-refractivity contribution in [2.75, 3.05) is 11.4 Å². The third kappa shape index (κ3) is 6.66. The van der Waals surface area contributed by atoms with Crippen LogP contribution in [0.2, 0.25) is 0 Å². The van der Waals surface area contributed by atoms with Crippen LogP contribution in [0.5, 0.6) is 0 Å². The van der Waals surface area contributed by atoms with Crippen LogP contribution >= 0.6 is 11.3 Å². The van der Waals surface area contributed by atoms with Crippen molar-refractivity contribution in [2.45, 2.75) is 50.4 Å². The maximum atomic E-state index is 13.5. The fourth-order valence-electron chi connectivity index (χ4n) is 4.40. The normalized spacial score (nSPS) is 21.5. The van der Waals surface area contributed by atoms with Gasteiger partial charge >= 0.3 is 18.2 Å². The van der Waals surface area contributed by atoms with Gasteiger partial charge in [0.1, 0.15) is 5.00 Å². The van der Waals surface area contributed by atoms with Gasteiger partial charge in [-0.15, -0.1) is 11.3 Å². The molecule has 3 N–H and O–H groups in total. The lowest BCUT2D eigenvalue weighted by Gasteiger charge is -2.32. The van der Waals surface area contributed by atoms with Crippen LogP contribution in [0.3, 0.4) is 0 Å². The second kappa shape index (κ2) is 10.7. The van der Waals surface area contributed by atoms with Crippen LogP contribution in [0.15, 0.2) is 29.6 Å². The molecule has 2 unspecified atom stereocenters. The van der Waals surface area contributed by atoms with Crippen molar-refractivity contribution in [3.63, 3.8) is 0 Å². The van der Waals surface area contributed by atoms with Crippen molar-refractivity contribution in [1.29, 1.82) is 0 Å². The summed E-state index contributed by atoms with van der Waals surface area (Å²) in [4.78, 5) is 22.3. The Morgan fingerprint density at radius 1 is 1.06 bits per heavy atom. The van der Waals surface area contributed by atoms with Gasteiger partial charge in [-0.3, -0.25) is 4.90 Å². The Bertz CT molecular complexity index is 1020. The molecule has 2 fully saturated rings. The van der Waals surface area contributed by atoms with E-state index in [2.05, 4.69) is 5.32 Å². The number of benzene rings is 1. The molecule has 0 saturated carbocycles. The monoisotopic (exact) mass is 506 g/mol. The number of carbonyl (C=O) groups is 2. The van der Waals surface area contributed by atoms with Crippen LogP contribution in [0.1, 0.15) is 36.8 Å². The number of fused-ring (bicyclic) bond motifs is 2. The number of anilines is 1. The number of hydrogen-bond acceptors (Lipinski definition) is 4. The molecular formula is C22H23F5N2O4S. The number of hydrogen-bond donors (Lipinski definition) is 3. The van der Waals surface area contributed by atoms with E-state index in [1.807, 2.05) is 11.4 Å². The molecule has 6 nitrogen and oxygen atoms in total. The van der Waals surface area contributed by atoms with Crippen LogP contribution in [-0.4, -0.2) is 47.1 Å². The number of nitrogens with zero attached hydrogens (tertiary/aromatic N) is 1. The Hall–Kier alpha value is -2.73. The van der Waals surface area contributed by atoms with Crippen molar-refractivity contribution in [3.8, 4) is 0 Å². The molecule has 1 aromatic carbocycles. The Labute approximate surface area is 196 Å². The third-order valence-corrected chi connectivity index (χ3v) is 6.81. The topological polar surface area (TPSA) is 89.9 Å². The summed E-state index contributed by atoms with van der Waals surface area (Å²) in [5, 5.41) is 23.0. The Morgan fingerprint density at radius 3 is 2.21 bits per heavy atom. The molecule has 0 aliphatic carbocycles. The number of amides is 1. The van der Waals surface area contributed by atoms with Gasteiger partial charge in [0, 0.05) is 25.0 Å². The molecule has 2 aromatic rings. The van der Waals surface area contributed by atoms with Gasteiger partial charge in [0.05, 0.1) is 0 Å². The van der Waals surface area contributed by atoms with Crippen molar-refractivity contribution in [2.24, 2.45) is 5.92 Å². The second-order valence-electron chi connectivity index (χ2n) is 8.35. The zero-order valence-electron chi connectivity index (χ0n) is 17.8. The van der Waals surface area contributed by atoms with Crippen molar-refractivity contribution in [1.82, 2.24) is 5.32 Å². The molecule has 186 valence electrons. The average molecular weight is 506 g/mol. The third-order valence-electron chi connectivity index (χ3n) is 5.83. The fraction of sp³-hybridized carbons (Fsp3) is 0.455. The first kappa shape index (κ1) is 25.9. The number of carboxylic acids is 1. The lowest BCUT2D eigenvalue weighted by molar-refractivity contribution is -0.192. The first-order valence-corrected chi connectivity index (χ1v) is 11.4. The minimum Gasteiger partial charge on any atom is -0.475 e. The Morgan fingerprint density at radius 2 is 1.68 bits per heavy atom. The number of piperidine rings is 1. The predicted octanol–water partition coefficient (Wildman–Crippen LogP) is 5.27. The average Bonchev–Trinajstić information content (AvgIpc) is 3.34. The molecule has 34 heavy (non-hydrogen) atoms. The smallest absolute Gasteiger partial charge is 0.475 e. The van der Waals surface area contributed by atoms with Gasteiger partial charge < -0.3 is 15.5 Å². The number of nitrogens with one attached hydrogen (secondary N) is 1. The number of aliphatic carboxylic acids is 1. The molecule has 0 spiro atoms. The van der Waals surface area contributed by atoms with E-state index >= 15 is 0 Å². The number of alkyl halides is 3. The number of halogens is 5. The van der Waals surface area contributed by atoms with Gasteiger partial charge in [-0.05, 0) is 66.3 Å². The molecule has 4 rings (SSSR count). The molecule has 0 radical (unpaired) electrons. The van der Waals surface area contributed by atoms with Gasteiger partial charge in [0.2, 0.25) is 0 Å². The first-order chi connectivity index (χ1) is 15.9. The summed E-state index contributed by atoms with van der Waals surface area (Å²) in [5.74, 6) is -4.17. The minimum absolute atomic E-state index is 0.345. The standard InChI is InChI=1S/C20H22F2N2O2S.C2HF3O2/c21-17-4-1-12(10-18(17)22)7-14-5-6-27-19(14)24(20(25)26)11-13-8-15-2-3-16(9-13)23-15;3-2(4,5)1(6)7/h1,4-6,10,13,15-16,23H,2-3,7-9,11H2,(H,25,26);(H,6,7). The molecule has 2 aliphatic rings. The van der Waals surface area contributed by atoms with E-state index in [1.54, 1.807) is 0 Å². The van der Waals surface area contributed by atoms with Gasteiger partial charge in [-0.1, -0.05) is 6.07 Å². The van der Waals surface area contributed by atoms with Crippen LogP contribution in [0.4, 0.5) is 31.7 Å². The number of carboxylic acid groups (broad SMARTS) is 2. The van der Waals surface area contributed by atoms with E-state index in [4.69, 9.17) is 9.90 Å². The zero-order chi connectivity index (χ0) is 25.0. The molecule has 1 aromatic heterocycles. The van der Waals surface area contributed by atoms with Gasteiger partial charge in [0.15, 0.2) is 11.6 Å². The molecule has 12 heteroatoms. The summed E-state index contributed by atoms with van der Waals surface area (Å²) in [6, 6.07) is 6.70. The minimum atomic E-state index is -5.08. The fourth-order valence-corrected chi connectivity index (χ4v) is 5.33. The van der Waals surface area contributed by atoms with E-state index in [9.17, 15) is 31.9 Å². The molecule has 2 saturated heterocycles. The summed E-state index contributed by atoms with van der Waals surface area (Å²) in [6.07, 6.45) is -1.32. The molecule has 2 aliphatic heterocycles. The van der Waals surface area contributed by atoms with Crippen molar-refractivity contribution >= 4 is 28.4 Å². The van der Waals surface area contributed by atoms with E-state index in [0.717, 1.165) is 24.5 Å². The number of thiophene rings is 1. The van der Waals surface area contributed by atoms with E-state index in [0.29, 0.717) is 41.5 Å². The van der Waals surface area contributed by atoms with Crippen LogP contribution in [0, 0.1) is 17.6 Å². The number of rotatable bonds is 5. The van der Waals surface area contributed by atoms with Crippen molar-refractivity contribution < 1.29 is 41.8 Å². The maximum Gasteiger partial charge on any atom is 0.490 e. The highest BCUT2D eigenvalue weighted by atomic mass is 32.1. The van der Waals surface area contributed by atoms with Crippen LogP contribution < -0.4 is 10.2 Å². The first-order valence-electron chi connectivity index (χ1n) is 10.5. The Balaban J connectivity index is 0.000000406. The summed E-state index contributed by atoms with van der Waals surface area (Å²) in [7, 11) is 0. The highest BCUT2D eigenvalue weighted by Crippen LogP contribution is 2.35. The lowest BCUT2D eigenvalue weighted by Crippen LogP contribution is -2.43. The molecule has 1 amide bonds. The van der Waals surface area contributed by atoms with Gasteiger partial charge in [0.25, 0.3) is 0 Å². The zero-order valence-corrected chi connectivity index (χ0v) is 18.6. The highest BCUT2D eigenvalue weighted by Gasteiger charge is 2.38. The largest absolute Gasteiger partial charge is 0.490 e.